The van der Waals surface area contributed by atoms with Crippen LogP contribution in [0.25, 0.3) is 11.0 Å². The number of imide groups is 1. The maximum absolute atomic E-state index is 13.7. The third-order valence-electron chi connectivity index (χ3n) is 6.15. The topological polar surface area (TPSA) is 91.7 Å². The van der Waals surface area contributed by atoms with Gasteiger partial charge in [-0.25, -0.2) is 4.79 Å². The van der Waals surface area contributed by atoms with E-state index in [1.54, 1.807) is 48.5 Å². The third kappa shape index (κ3) is 3.51. The zero-order chi connectivity index (χ0) is 23.7. The minimum atomic E-state index is -1.44. The third-order valence-corrected chi connectivity index (χ3v) is 6.15. The lowest BCUT2D eigenvalue weighted by Crippen LogP contribution is -2.49. The predicted molar refractivity (Wildman–Crippen MR) is 126 cm³/mol. The van der Waals surface area contributed by atoms with Crippen molar-refractivity contribution >= 4 is 28.8 Å². The maximum Gasteiger partial charge on any atom is 0.344 e. The number of nitrogens with zero attached hydrogens (tertiary/aromatic N) is 1. The molecule has 0 radical (unpaired) electrons. The van der Waals surface area contributed by atoms with E-state index in [1.165, 1.54) is 6.26 Å². The van der Waals surface area contributed by atoms with Gasteiger partial charge in [0.15, 0.2) is 5.54 Å². The molecule has 0 bridgehead atoms. The normalized spacial score (nSPS) is 14.9. The molecule has 0 unspecified atom stereocenters. The summed E-state index contributed by atoms with van der Waals surface area (Å²) in [6, 6.07) is 23.1. The van der Waals surface area contributed by atoms with E-state index in [9.17, 15) is 14.4 Å². The highest BCUT2D eigenvalue weighted by atomic mass is 16.3. The Bertz CT molecular complexity index is 1340. The molecule has 1 fully saturated rings. The number of hydrazine groups is 1. The number of nitrogens with one attached hydrogen (secondary N) is 2. The first-order valence-corrected chi connectivity index (χ1v) is 11.1. The standard InChI is InChI=1S/C27H23N3O4/c1-2-18-13-14-22-19(17-34-23(22)15-18)16-24(31)29-30-25(32)27(28-26(30)33,20-9-5-3-6-10-20)21-11-7-4-8-12-21/h3-15,17H,2,16H2,1H3,(H,28,33)(H,29,31). The minimum Gasteiger partial charge on any atom is -0.464 e. The number of hydrogen-bond acceptors (Lipinski definition) is 4. The molecule has 7 heteroatoms. The first kappa shape index (κ1) is 21.5. The highest BCUT2D eigenvalue weighted by molar-refractivity contribution is 6.10. The van der Waals surface area contributed by atoms with Gasteiger partial charge in [0.25, 0.3) is 5.91 Å². The Balaban J connectivity index is 1.42. The number of fused-ring (bicyclic) bond motifs is 1. The highest BCUT2D eigenvalue weighted by Crippen LogP contribution is 2.35. The van der Waals surface area contributed by atoms with E-state index in [4.69, 9.17) is 4.42 Å². The van der Waals surface area contributed by atoms with Crippen LogP contribution < -0.4 is 10.7 Å². The Morgan fingerprint density at radius 2 is 1.62 bits per heavy atom. The summed E-state index contributed by atoms with van der Waals surface area (Å²) in [4.78, 5) is 39.5. The van der Waals surface area contributed by atoms with Crippen molar-refractivity contribution in [3.63, 3.8) is 0 Å². The number of carbonyl (C=O) groups is 3. The highest BCUT2D eigenvalue weighted by Gasteiger charge is 2.54. The van der Waals surface area contributed by atoms with Crippen molar-refractivity contribution in [2.75, 3.05) is 0 Å². The molecule has 1 aliphatic heterocycles. The second-order valence-corrected chi connectivity index (χ2v) is 8.21. The molecule has 34 heavy (non-hydrogen) atoms. The van der Waals surface area contributed by atoms with Gasteiger partial charge in [0.2, 0.25) is 5.91 Å². The number of benzene rings is 3. The van der Waals surface area contributed by atoms with Crippen molar-refractivity contribution in [2.45, 2.75) is 25.3 Å². The number of urea groups is 1. The lowest BCUT2D eigenvalue weighted by Gasteiger charge is -2.27. The van der Waals surface area contributed by atoms with Gasteiger partial charge in [0.05, 0.1) is 12.7 Å². The van der Waals surface area contributed by atoms with Gasteiger partial charge in [-0.2, -0.15) is 5.01 Å². The van der Waals surface area contributed by atoms with Gasteiger partial charge < -0.3 is 9.73 Å². The van der Waals surface area contributed by atoms with Crippen molar-refractivity contribution in [1.82, 2.24) is 15.8 Å². The van der Waals surface area contributed by atoms with Crippen molar-refractivity contribution in [1.29, 1.82) is 0 Å². The lowest BCUT2D eigenvalue weighted by molar-refractivity contribution is -0.138. The fourth-order valence-electron chi connectivity index (χ4n) is 4.39. The molecule has 2 heterocycles. The summed E-state index contributed by atoms with van der Waals surface area (Å²) < 4.78 is 5.61. The van der Waals surface area contributed by atoms with Crippen molar-refractivity contribution in [2.24, 2.45) is 0 Å². The summed E-state index contributed by atoms with van der Waals surface area (Å²) in [7, 11) is 0. The van der Waals surface area contributed by atoms with Crippen LogP contribution in [0.15, 0.2) is 89.5 Å². The molecule has 1 saturated heterocycles. The van der Waals surface area contributed by atoms with Crippen LogP contribution in [0, 0.1) is 0 Å². The monoisotopic (exact) mass is 453 g/mol. The second kappa shape index (κ2) is 8.51. The molecule has 4 aromatic rings. The van der Waals surface area contributed by atoms with Crippen LogP contribution in [-0.2, 0) is 28.0 Å². The van der Waals surface area contributed by atoms with Crippen molar-refractivity contribution in [3.05, 3.63) is 107 Å². The van der Waals surface area contributed by atoms with E-state index < -0.39 is 23.4 Å². The predicted octanol–water partition coefficient (Wildman–Crippen LogP) is 4.06. The van der Waals surface area contributed by atoms with Crippen LogP contribution in [0.5, 0.6) is 0 Å². The Hall–Kier alpha value is -4.39. The molecule has 1 aliphatic rings. The number of rotatable bonds is 6. The minimum absolute atomic E-state index is 0.0425. The number of carbonyl (C=O) groups excluding carboxylic acids is 3. The molecule has 3 aromatic carbocycles. The van der Waals surface area contributed by atoms with Crippen LogP contribution in [0.4, 0.5) is 4.79 Å². The summed E-state index contributed by atoms with van der Waals surface area (Å²) in [6.07, 6.45) is 2.37. The van der Waals surface area contributed by atoms with Gasteiger partial charge in [0, 0.05) is 10.9 Å². The Morgan fingerprint density at radius 1 is 0.971 bits per heavy atom. The van der Waals surface area contributed by atoms with E-state index in [0.29, 0.717) is 22.3 Å². The van der Waals surface area contributed by atoms with Crippen LogP contribution in [0.1, 0.15) is 29.2 Å². The Morgan fingerprint density at radius 3 is 2.24 bits per heavy atom. The van der Waals surface area contributed by atoms with Gasteiger partial charge in [-0.15, -0.1) is 0 Å². The van der Waals surface area contributed by atoms with Gasteiger partial charge in [-0.1, -0.05) is 79.7 Å². The quantitative estimate of drug-likeness (QED) is 0.431. The van der Waals surface area contributed by atoms with Crippen LogP contribution in [0.2, 0.25) is 0 Å². The SMILES string of the molecule is CCc1ccc2c(CC(=O)NN3C(=O)NC(c4ccccc4)(c4ccccc4)C3=O)coc2c1. The number of furan rings is 1. The number of amides is 4. The fraction of sp³-hybridized carbons (Fsp3) is 0.148. The van der Waals surface area contributed by atoms with Crippen molar-refractivity contribution < 1.29 is 18.8 Å². The maximum atomic E-state index is 13.7. The summed E-state index contributed by atoms with van der Waals surface area (Å²) in [5, 5.41) is 4.40. The lowest BCUT2D eigenvalue weighted by atomic mass is 9.83. The van der Waals surface area contributed by atoms with E-state index in [-0.39, 0.29) is 6.42 Å². The fourth-order valence-corrected chi connectivity index (χ4v) is 4.39. The zero-order valence-corrected chi connectivity index (χ0v) is 18.6. The van der Waals surface area contributed by atoms with E-state index in [0.717, 1.165) is 22.4 Å². The van der Waals surface area contributed by atoms with Crippen LogP contribution in [0.3, 0.4) is 0 Å². The number of hydrogen-bond donors (Lipinski definition) is 2. The van der Waals surface area contributed by atoms with Gasteiger partial charge in [-0.05, 0) is 29.2 Å². The molecule has 1 aromatic heterocycles. The van der Waals surface area contributed by atoms with Gasteiger partial charge in [0.1, 0.15) is 5.58 Å². The molecule has 170 valence electrons. The average Bonchev–Trinajstić information content (AvgIpc) is 3.38. The summed E-state index contributed by atoms with van der Waals surface area (Å²) in [5.41, 5.74) is 4.77. The van der Waals surface area contributed by atoms with Crippen molar-refractivity contribution in [3.8, 4) is 0 Å². The van der Waals surface area contributed by atoms with E-state index in [2.05, 4.69) is 17.7 Å². The molecule has 2 N–H and O–H groups in total. The van der Waals surface area contributed by atoms with E-state index >= 15 is 0 Å². The first-order chi connectivity index (χ1) is 16.5. The summed E-state index contributed by atoms with van der Waals surface area (Å²) >= 11 is 0. The molecular weight excluding hydrogens is 430 g/mol. The molecule has 5 rings (SSSR count). The smallest absolute Gasteiger partial charge is 0.344 e. The molecule has 0 atom stereocenters. The zero-order valence-electron chi connectivity index (χ0n) is 18.6. The Labute approximate surface area is 196 Å². The summed E-state index contributed by atoms with van der Waals surface area (Å²) in [6.45, 7) is 2.06. The van der Waals surface area contributed by atoms with Gasteiger partial charge >= 0.3 is 6.03 Å². The first-order valence-electron chi connectivity index (χ1n) is 11.1. The molecule has 7 nitrogen and oxygen atoms in total. The van der Waals surface area contributed by atoms with Crippen LogP contribution >= 0.6 is 0 Å². The number of aryl methyl sites for hydroxylation is 1. The van der Waals surface area contributed by atoms with Gasteiger partial charge in [-0.3, -0.25) is 15.0 Å². The van der Waals surface area contributed by atoms with Crippen LogP contribution in [-0.4, -0.2) is 22.9 Å². The molecule has 0 aliphatic carbocycles. The average molecular weight is 453 g/mol. The molecule has 0 spiro atoms. The second-order valence-electron chi connectivity index (χ2n) is 8.21. The molecule has 4 amide bonds. The summed E-state index contributed by atoms with van der Waals surface area (Å²) in [5.74, 6) is -1.07. The van der Waals surface area contributed by atoms with E-state index in [1.807, 2.05) is 30.3 Å². The molecular formula is C27H23N3O4. The largest absolute Gasteiger partial charge is 0.464 e. The molecule has 0 saturated carbocycles. The Kier molecular flexibility index (Phi) is 5.37.